The summed E-state index contributed by atoms with van der Waals surface area (Å²) in [7, 11) is 0. The minimum absolute atomic E-state index is 0.166. The van der Waals surface area contributed by atoms with E-state index in [9.17, 15) is 4.39 Å². The Balaban J connectivity index is 1.85. The topological polar surface area (TPSA) is 21.3 Å². The van der Waals surface area contributed by atoms with Gasteiger partial charge in [0.2, 0.25) is 0 Å². The number of nitrogens with one attached hydrogen (secondary N) is 1. The molecule has 1 aliphatic heterocycles. The first-order chi connectivity index (χ1) is 7.59. The van der Waals surface area contributed by atoms with E-state index in [1.54, 1.807) is 6.07 Å². The standard InChI is InChI=1S/C13H18FNO/c1-10-5-12(14)4-3-11(10)6-15-7-13(2)8-16-9-13/h3-5,15H,6-9H2,1-2H3. The number of ether oxygens (including phenoxy) is 1. The van der Waals surface area contributed by atoms with Gasteiger partial charge < -0.3 is 10.1 Å². The molecule has 2 rings (SSSR count). The van der Waals surface area contributed by atoms with Gasteiger partial charge in [0, 0.05) is 18.5 Å². The van der Waals surface area contributed by atoms with Crippen LogP contribution in [0.25, 0.3) is 0 Å². The van der Waals surface area contributed by atoms with E-state index >= 15 is 0 Å². The lowest BCUT2D eigenvalue weighted by atomic mass is 9.88. The second kappa shape index (κ2) is 4.52. The van der Waals surface area contributed by atoms with Crippen molar-refractivity contribution < 1.29 is 9.13 Å². The molecule has 1 aliphatic rings. The van der Waals surface area contributed by atoms with Crippen molar-refractivity contribution in [3.8, 4) is 0 Å². The van der Waals surface area contributed by atoms with Crippen molar-refractivity contribution in [1.29, 1.82) is 0 Å². The van der Waals surface area contributed by atoms with E-state index in [2.05, 4.69) is 12.2 Å². The van der Waals surface area contributed by atoms with Crippen molar-refractivity contribution in [3.63, 3.8) is 0 Å². The molecule has 88 valence electrons. The van der Waals surface area contributed by atoms with Crippen LogP contribution in [0.2, 0.25) is 0 Å². The Kier molecular flexibility index (Phi) is 3.26. The van der Waals surface area contributed by atoms with Gasteiger partial charge in [0.25, 0.3) is 0 Å². The van der Waals surface area contributed by atoms with Crippen LogP contribution in [-0.4, -0.2) is 19.8 Å². The highest BCUT2D eigenvalue weighted by Gasteiger charge is 2.32. The Bertz CT molecular complexity index is 374. The van der Waals surface area contributed by atoms with Gasteiger partial charge in [-0.2, -0.15) is 0 Å². The van der Waals surface area contributed by atoms with Crippen LogP contribution in [0.4, 0.5) is 4.39 Å². The predicted molar refractivity (Wildman–Crippen MR) is 61.8 cm³/mol. The monoisotopic (exact) mass is 223 g/mol. The zero-order valence-electron chi connectivity index (χ0n) is 9.85. The smallest absolute Gasteiger partial charge is 0.123 e. The van der Waals surface area contributed by atoms with E-state index in [1.807, 2.05) is 13.0 Å². The van der Waals surface area contributed by atoms with E-state index in [4.69, 9.17) is 4.74 Å². The first kappa shape index (κ1) is 11.6. The molecule has 0 radical (unpaired) electrons. The van der Waals surface area contributed by atoms with E-state index in [1.165, 1.54) is 6.07 Å². The number of benzene rings is 1. The molecule has 16 heavy (non-hydrogen) atoms. The van der Waals surface area contributed by atoms with E-state index in [0.29, 0.717) is 0 Å². The quantitative estimate of drug-likeness (QED) is 0.845. The summed E-state index contributed by atoms with van der Waals surface area (Å²) in [6.45, 7) is 7.56. The summed E-state index contributed by atoms with van der Waals surface area (Å²) in [5.41, 5.74) is 2.45. The molecule has 0 saturated carbocycles. The zero-order valence-corrected chi connectivity index (χ0v) is 9.85. The molecule has 1 fully saturated rings. The molecule has 0 bridgehead atoms. The summed E-state index contributed by atoms with van der Waals surface area (Å²) in [5, 5.41) is 3.40. The van der Waals surface area contributed by atoms with Crippen LogP contribution in [0.3, 0.4) is 0 Å². The van der Waals surface area contributed by atoms with Crippen LogP contribution >= 0.6 is 0 Å². The maximum absolute atomic E-state index is 12.9. The van der Waals surface area contributed by atoms with E-state index < -0.39 is 0 Å². The van der Waals surface area contributed by atoms with Crippen molar-refractivity contribution in [2.45, 2.75) is 20.4 Å². The average molecular weight is 223 g/mol. The number of hydrogen-bond donors (Lipinski definition) is 1. The Morgan fingerprint density at radius 3 is 2.75 bits per heavy atom. The predicted octanol–water partition coefficient (Wildman–Crippen LogP) is 2.26. The highest BCUT2D eigenvalue weighted by molar-refractivity contribution is 5.26. The van der Waals surface area contributed by atoms with Crippen molar-refractivity contribution in [2.24, 2.45) is 5.41 Å². The molecule has 1 aromatic carbocycles. The lowest BCUT2D eigenvalue weighted by Crippen LogP contribution is -2.47. The molecule has 3 heteroatoms. The summed E-state index contributed by atoms with van der Waals surface area (Å²) >= 11 is 0. The third kappa shape index (κ3) is 2.60. The molecule has 1 heterocycles. The van der Waals surface area contributed by atoms with Gasteiger partial charge in [-0.15, -0.1) is 0 Å². The van der Waals surface area contributed by atoms with Gasteiger partial charge in [-0.3, -0.25) is 0 Å². The lowest BCUT2D eigenvalue weighted by Gasteiger charge is -2.38. The van der Waals surface area contributed by atoms with Gasteiger partial charge in [-0.05, 0) is 30.2 Å². The fourth-order valence-corrected chi connectivity index (χ4v) is 1.91. The minimum Gasteiger partial charge on any atom is -0.380 e. The Morgan fingerprint density at radius 1 is 1.44 bits per heavy atom. The SMILES string of the molecule is Cc1cc(F)ccc1CNCC1(C)COC1. The van der Waals surface area contributed by atoms with Crippen molar-refractivity contribution in [2.75, 3.05) is 19.8 Å². The van der Waals surface area contributed by atoms with Crippen LogP contribution in [0.5, 0.6) is 0 Å². The average Bonchev–Trinajstić information content (AvgIpc) is 2.19. The summed E-state index contributed by atoms with van der Waals surface area (Å²) in [6, 6.07) is 4.93. The molecule has 0 amide bonds. The molecule has 1 N–H and O–H groups in total. The largest absolute Gasteiger partial charge is 0.380 e. The normalized spacial score (nSPS) is 18.2. The third-order valence-electron chi connectivity index (χ3n) is 3.07. The second-order valence-corrected chi connectivity index (χ2v) is 4.98. The Hall–Kier alpha value is -0.930. The van der Waals surface area contributed by atoms with Gasteiger partial charge in [0.15, 0.2) is 0 Å². The minimum atomic E-state index is -0.166. The van der Waals surface area contributed by atoms with Crippen LogP contribution < -0.4 is 5.32 Å². The molecule has 0 aromatic heterocycles. The first-order valence-corrected chi connectivity index (χ1v) is 5.63. The summed E-state index contributed by atoms with van der Waals surface area (Å²) in [5.74, 6) is -0.166. The summed E-state index contributed by atoms with van der Waals surface area (Å²) < 4.78 is 18.1. The van der Waals surface area contributed by atoms with Gasteiger partial charge >= 0.3 is 0 Å². The van der Waals surface area contributed by atoms with Gasteiger partial charge in [-0.25, -0.2) is 4.39 Å². The number of halogens is 1. The number of aryl methyl sites for hydroxylation is 1. The van der Waals surface area contributed by atoms with Crippen LogP contribution in [0.1, 0.15) is 18.1 Å². The third-order valence-corrected chi connectivity index (χ3v) is 3.07. The fourth-order valence-electron chi connectivity index (χ4n) is 1.91. The lowest BCUT2D eigenvalue weighted by molar-refractivity contribution is -0.0991. The molecule has 1 saturated heterocycles. The van der Waals surface area contributed by atoms with Crippen molar-refractivity contribution in [3.05, 3.63) is 35.1 Å². The molecular weight excluding hydrogens is 205 g/mol. The summed E-state index contributed by atoms with van der Waals surface area (Å²) in [6.07, 6.45) is 0. The molecule has 1 aromatic rings. The van der Waals surface area contributed by atoms with E-state index in [0.717, 1.165) is 37.4 Å². The molecule has 0 aliphatic carbocycles. The molecule has 0 unspecified atom stereocenters. The zero-order chi connectivity index (χ0) is 11.6. The van der Waals surface area contributed by atoms with Crippen LogP contribution in [0.15, 0.2) is 18.2 Å². The van der Waals surface area contributed by atoms with Gasteiger partial charge in [0.1, 0.15) is 5.82 Å². The second-order valence-electron chi connectivity index (χ2n) is 4.98. The van der Waals surface area contributed by atoms with E-state index in [-0.39, 0.29) is 11.2 Å². The number of rotatable bonds is 4. The van der Waals surface area contributed by atoms with Crippen LogP contribution in [-0.2, 0) is 11.3 Å². The molecule has 2 nitrogen and oxygen atoms in total. The number of hydrogen-bond acceptors (Lipinski definition) is 2. The van der Waals surface area contributed by atoms with Crippen LogP contribution in [0, 0.1) is 18.2 Å². The molecule has 0 spiro atoms. The maximum Gasteiger partial charge on any atom is 0.123 e. The fraction of sp³-hybridized carbons (Fsp3) is 0.538. The Morgan fingerprint density at radius 2 is 2.19 bits per heavy atom. The first-order valence-electron chi connectivity index (χ1n) is 5.63. The highest BCUT2D eigenvalue weighted by atomic mass is 19.1. The summed E-state index contributed by atoms with van der Waals surface area (Å²) in [4.78, 5) is 0. The Labute approximate surface area is 95.8 Å². The highest BCUT2D eigenvalue weighted by Crippen LogP contribution is 2.25. The maximum atomic E-state index is 12.9. The molecular formula is C13H18FNO. The van der Waals surface area contributed by atoms with Gasteiger partial charge in [0.05, 0.1) is 13.2 Å². The molecule has 0 atom stereocenters. The van der Waals surface area contributed by atoms with Gasteiger partial charge in [-0.1, -0.05) is 13.0 Å². The van der Waals surface area contributed by atoms with Crippen molar-refractivity contribution >= 4 is 0 Å². The van der Waals surface area contributed by atoms with Crippen molar-refractivity contribution in [1.82, 2.24) is 5.32 Å².